The number of alkyl halides is 6. The molecule has 0 saturated carbocycles. The summed E-state index contributed by atoms with van der Waals surface area (Å²) < 4.78 is 77.5. The topological polar surface area (TPSA) is 66.5 Å². The molecule has 0 aliphatic carbocycles. The number of nitrogens with zero attached hydrogens (tertiary/aromatic N) is 3. The molecule has 0 aliphatic heterocycles. The van der Waals surface area contributed by atoms with Crippen LogP contribution < -0.4 is 5.32 Å². The largest absolute Gasteiger partial charge is 0.418 e. The number of benzene rings is 1. The third-order valence-electron chi connectivity index (χ3n) is 3.12. The van der Waals surface area contributed by atoms with Gasteiger partial charge in [0, 0.05) is 0 Å². The number of hydrogen-bond donors (Lipinski definition) is 2. The van der Waals surface area contributed by atoms with E-state index in [0.29, 0.717) is 18.2 Å². The Labute approximate surface area is 129 Å². The molecule has 0 radical (unpaired) electrons. The number of anilines is 2. The normalized spacial score (nSPS) is 12.6. The number of nitrogens with one attached hydrogen (secondary N) is 2. The lowest BCUT2D eigenvalue weighted by Gasteiger charge is -2.16. The number of aromatic nitrogens is 4. The van der Waals surface area contributed by atoms with Crippen LogP contribution in [0, 0.1) is 0 Å². The van der Waals surface area contributed by atoms with Crippen LogP contribution in [0.15, 0.2) is 30.9 Å². The Morgan fingerprint density at radius 2 is 1.67 bits per heavy atom. The van der Waals surface area contributed by atoms with Gasteiger partial charge in [0.1, 0.15) is 6.33 Å². The van der Waals surface area contributed by atoms with E-state index >= 15 is 0 Å². The molecule has 2 aromatic heterocycles. The molecule has 0 saturated heterocycles. The summed E-state index contributed by atoms with van der Waals surface area (Å²) in [7, 11) is 0. The van der Waals surface area contributed by atoms with Crippen molar-refractivity contribution in [3.8, 4) is 0 Å². The highest BCUT2D eigenvalue weighted by Crippen LogP contribution is 2.40. The maximum atomic E-state index is 13.1. The summed E-state index contributed by atoms with van der Waals surface area (Å²) >= 11 is 0. The second kappa shape index (κ2) is 5.35. The van der Waals surface area contributed by atoms with E-state index in [4.69, 9.17) is 0 Å². The molecule has 5 nitrogen and oxygen atoms in total. The third-order valence-corrected chi connectivity index (χ3v) is 3.12. The minimum atomic E-state index is -4.84. The Balaban J connectivity index is 2.12. The average Bonchev–Trinajstić information content (AvgIpc) is 2.94. The highest BCUT2D eigenvalue weighted by atomic mass is 19.4. The summed E-state index contributed by atoms with van der Waals surface area (Å²) in [5, 5.41) is 2.27. The summed E-state index contributed by atoms with van der Waals surface area (Å²) in [5.41, 5.74) is -2.92. The van der Waals surface area contributed by atoms with E-state index < -0.39 is 29.2 Å². The quantitative estimate of drug-likeness (QED) is 0.684. The highest BCUT2D eigenvalue weighted by molar-refractivity contribution is 5.85. The van der Waals surface area contributed by atoms with E-state index in [1.165, 1.54) is 6.33 Å². The number of halogens is 6. The molecule has 0 fully saturated rings. The van der Waals surface area contributed by atoms with E-state index in [1.54, 1.807) is 0 Å². The molecule has 0 spiro atoms. The van der Waals surface area contributed by atoms with E-state index in [1.807, 2.05) is 0 Å². The Morgan fingerprint density at radius 1 is 0.917 bits per heavy atom. The molecular weight excluding hydrogens is 340 g/mol. The predicted octanol–water partition coefficient (Wildman–Crippen LogP) is 4.13. The molecule has 11 heteroatoms. The van der Waals surface area contributed by atoms with Crippen LogP contribution in [0.1, 0.15) is 11.1 Å². The van der Waals surface area contributed by atoms with Gasteiger partial charge in [-0.3, -0.25) is 0 Å². The summed E-state index contributed by atoms with van der Waals surface area (Å²) in [4.78, 5) is 14.0. The fourth-order valence-electron chi connectivity index (χ4n) is 2.05. The molecule has 3 aromatic rings. The zero-order valence-electron chi connectivity index (χ0n) is 11.5. The van der Waals surface area contributed by atoms with Crippen molar-refractivity contribution in [2.45, 2.75) is 12.4 Å². The maximum absolute atomic E-state index is 13.1. The van der Waals surface area contributed by atoms with Gasteiger partial charge < -0.3 is 10.3 Å². The van der Waals surface area contributed by atoms with Crippen LogP contribution in [0.5, 0.6) is 0 Å². The molecule has 126 valence electrons. The van der Waals surface area contributed by atoms with Crippen molar-refractivity contribution in [2.24, 2.45) is 0 Å². The van der Waals surface area contributed by atoms with Gasteiger partial charge in [-0.2, -0.15) is 26.3 Å². The SMILES string of the molecule is FC(F)(F)c1ccc(C(F)(F)F)c(Nc2ncnc3[nH]cnc23)c1. The lowest BCUT2D eigenvalue weighted by molar-refractivity contribution is -0.140. The second-order valence-electron chi connectivity index (χ2n) is 4.70. The fourth-order valence-corrected chi connectivity index (χ4v) is 2.05. The number of fused-ring (bicyclic) bond motifs is 1. The van der Waals surface area contributed by atoms with Crippen molar-refractivity contribution in [3.05, 3.63) is 42.0 Å². The van der Waals surface area contributed by atoms with Gasteiger partial charge in [-0.25, -0.2) is 15.0 Å². The van der Waals surface area contributed by atoms with Gasteiger partial charge in [-0.1, -0.05) is 0 Å². The van der Waals surface area contributed by atoms with Crippen LogP contribution in [0.2, 0.25) is 0 Å². The van der Waals surface area contributed by atoms with Crippen molar-refractivity contribution in [1.29, 1.82) is 0 Å². The smallest absolute Gasteiger partial charge is 0.338 e. The van der Waals surface area contributed by atoms with Crippen molar-refractivity contribution in [1.82, 2.24) is 19.9 Å². The first-order chi connectivity index (χ1) is 11.2. The van der Waals surface area contributed by atoms with Crippen molar-refractivity contribution >= 4 is 22.7 Å². The number of rotatable bonds is 2. The molecule has 2 heterocycles. The van der Waals surface area contributed by atoms with E-state index in [2.05, 4.69) is 25.3 Å². The molecule has 0 atom stereocenters. The van der Waals surface area contributed by atoms with Gasteiger partial charge in [0.25, 0.3) is 0 Å². The third kappa shape index (κ3) is 2.96. The van der Waals surface area contributed by atoms with Gasteiger partial charge in [0.2, 0.25) is 0 Å². The number of aromatic amines is 1. The van der Waals surface area contributed by atoms with Gasteiger partial charge in [0.15, 0.2) is 17.0 Å². The van der Waals surface area contributed by atoms with Gasteiger partial charge >= 0.3 is 12.4 Å². The van der Waals surface area contributed by atoms with E-state index in [9.17, 15) is 26.3 Å². The van der Waals surface area contributed by atoms with E-state index in [-0.39, 0.29) is 17.0 Å². The first-order valence-electron chi connectivity index (χ1n) is 6.36. The second-order valence-corrected chi connectivity index (χ2v) is 4.70. The molecule has 3 rings (SSSR count). The van der Waals surface area contributed by atoms with Crippen LogP contribution in [-0.4, -0.2) is 19.9 Å². The Morgan fingerprint density at radius 3 is 2.33 bits per heavy atom. The Bertz CT molecular complexity index is 882. The van der Waals surface area contributed by atoms with Gasteiger partial charge in [-0.05, 0) is 18.2 Å². The maximum Gasteiger partial charge on any atom is 0.418 e. The lowest BCUT2D eigenvalue weighted by atomic mass is 10.1. The molecule has 0 unspecified atom stereocenters. The average molecular weight is 347 g/mol. The summed E-state index contributed by atoms with van der Waals surface area (Å²) in [6.07, 6.45) is -7.34. The monoisotopic (exact) mass is 347 g/mol. The van der Waals surface area contributed by atoms with Crippen LogP contribution in [0.4, 0.5) is 37.8 Å². The number of H-pyrrole nitrogens is 1. The molecule has 1 aromatic carbocycles. The molecule has 0 bridgehead atoms. The minimum Gasteiger partial charge on any atom is -0.338 e. The van der Waals surface area contributed by atoms with E-state index in [0.717, 1.165) is 6.33 Å². The first-order valence-corrected chi connectivity index (χ1v) is 6.36. The minimum absolute atomic E-state index is 0.100. The molecule has 0 aliphatic rings. The zero-order valence-corrected chi connectivity index (χ0v) is 11.5. The number of imidazole rings is 1. The van der Waals surface area contributed by atoms with Crippen LogP contribution in [-0.2, 0) is 12.4 Å². The van der Waals surface area contributed by atoms with Crippen LogP contribution in [0.3, 0.4) is 0 Å². The van der Waals surface area contributed by atoms with Crippen molar-refractivity contribution in [3.63, 3.8) is 0 Å². The standard InChI is InChI=1S/C13H7F6N5/c14-12(15,16)6-1-2-7(13(17,18)19)8(3-6)24-11-9-10(21-4-20-9)22-5-23-11/h1-5H,(H2,20,21,22,23,24). The van der Waals surface area contributed by atoms with Gasteiger partial charge in [-0.15, -0.1) is 0 Å². The van der Waals surface area contributed by atoms with Crippen molar-refractivity contribution < 1.29 is 26.3 Å². The Kier molecular flexibility index (Phi) is 3.57. The van der Waals surface area contributed by atoms with Gasteiger partial charge in [0.05, 0.1) is 23.1 Å². The van der Waals surface area contributed by atoms with Crippen LogP contribution >= 0.6 is 0 Å². The van der Waals surface area contributed by atoms with Crippen molar-refractivity contribution in [2.75, 3.05) is 5.32 Å². The lowest BCUT2D eigenvalue weighted by Crippen LogP contribution is -2.12. The summed E-state index contributed by atoms with van der Waals surface area (Å²) in [5.74, 6) is -0.147. The number of hydrogen-bond acceptors (Lipinski definition) is 4. The highest BCUT2D eigenvalue weighted by Gasteiger charge is 2.37. The first kappa shape index (κ1) is 16.0. The fraction of sp³-hybridized carbons (Fsp3) is 0.154. The molecular formula is C13H7F6N5. The molecule has 0 amide bonds. The summed E-state index contributed by atoms with van der Waals surface area (Å²) in [6, 6.07) is 1.12. The zero-order chi connectivity index (χ0) is 17.5. The molecule has 2 N–H and O–H groups in total. The Hall–Kier alpha value is -2.85. The van der Waals surface area contributed by atoms with Crippen LogP contribution in [0.25, 0.3) is 11.2 Å². The molecule has 24 heavy (non-hydrogen) atoms. The predicted molar refractivity (Wildman–Crippen MR) is 71.4 cm³/mol. The summed E-state index contributed by atoms with van der Waals surface area (Å²) in [6.45, 7) is 0.